The second-order valence-corrected chi connectivity index (χ2v) is 23.8. The van der Waals surface area contributed by atoms with Gasteiger partial charge in [-0.2, -0.15) is 0 Å². The zero-order valence-corrected chi connectivity index (χ0v) is 52.9. The lowest BCUT2D eigenvalue weighted by Gasteiger charge is -2.29. The van der Waals surface area contributed by atoms with Gasteiger partial charge in [0.25, 0.3) is 7.82 Å². The van der Waals surface area contributed by atoms with E-state index in [0.29, 0.717) is 23.9 Å². The molecule has 0 bridgehead atoms. The first kappa shape index (κ1) is 76.4. The molecule has 1 amide bonds. The zero-order valence-electron chi connectivity index (χ0n) is 52.0. The minimum absolute atomic E-state index is 0.0154. The van der Waals surface area contributed by atoms with Crippen molar-refractivity contribution < 1.29 is 32.9 Å². The number of rotatable bonds is 57. The molecule has 456 valence electrons. The number of quaternary nitrogens is 1. The minimum Gasteiger partial charge on any atom is -0.756 e. The van der Waals surface area contributed by atoms with Crippen molar-refractivity contribution in [2.24, 2.45) is 0 Å². The number of hydrogen-bond donors (Lipinski definition) is 2. The van der Waals surface area contributed by atoms with E-state index in [1.165, 1.54) is 109 Å². The largest absolute Gasteiger partial charge is 0.756 e. The zero-order chi connectivity index (χ0) is 58.4. The number of amides is 1. The Bertz CT molecular complexity index is 1810. The predicted octanol–water partition coefficient (Wildman–Crippen LogP) is 19.8. The highest BCUT2D eigenvalue weighted by atomic mass is 31.2. The highest BCUT2D eigenvalue weighted by molar-refractivity contribution is 7.45. The summed E-state index contributed by atoms with van der Waals surface area (Å²) in [6.07, 6.45) is 92.2. The van der Waals surface area contributed by atoms with Crippen LogP contribution in [0.3, 0.4) is 0 Å². The van der Waals surface area contributed by atoms with Crippen molar-refractivity contribution in [3.05, 3.63) is 146 Å². The number of carbonyl (C=O) groups is 1. The molecule has 3 unspecified atom stereocenters. The number of phosphoric ester groups is 1. The highest BCUT2D eigenvalue weighted by Crippen LogP contribution is 2.38. The maximum absolute atomic E-state index is 13.0. The molecule has 0 fully saturated rings. The first-order valence-electron chi connectivity index (χ1n) is 32.2. The molecular weight excluding hydrogens is 1010 g/mol. The van der Waals surface area contributed by atoms with E-state index in [1.807, 2.05) is 27.2 Å². The van der Waals surface area contributed by atoms with Crippen LogP contribution in [-0.2, 0) is 18.4 Å². The van der Waals surface area contributed by atoms with Crippen molar-refractivity contribution in [2.75, 3.05) is 40.9 Å². The lowest BCUT2D eigenvalue weighted by molar-refractivity contribution is -0.870. The second-order valence-electron chi connectivity index (χ2n) is 22.4. The van der Waals surface area contributed by atoms with Crippen LogP contribution < -0.4 is 10.2 Å². The summed E-state index contributed by atoms with van der Waals surface area (Å²) < 4.78 is 23.4. The van der Waals surface area contributed by atoms with Gasteiger partial charge in [-0.1, -0.05) is 282 Å². The third-order valence-electron chi connectivity index (χ3n) is 13.6. The van der Waals surface area contributed by atoms with E-state index in [4.69, 9.17) is 9.05 Å². The van der Waals surface area contributed by atoms with Crippen molar-refractivity contribution >= 4 is 13.7 Å². The molecule has 0 aromatic carbocycles. The molecule has 2 N–H and O–H groups in total. The fraction of sp³-hybridized carbons (Fsp3) is 0.648. The van der Waals surface area contributed by atoms with Gasteiger partial charge in [0.05, 0.1) is 39.9 Å². The van der Waals surface area contributed by atoms with E-state index in [2.05, 4.69) is 153 Å². The molecular formula is C71H121N2O6P. The van der Waals surface area contributed by atoms with Crippen molar-refractivity contribution in [1.82, 2.24) is 5.32 Å². The summed E-state index contributed by atoms with van der Waals surface area (Å²) in [4.78, 5) is 25.6. The van der Waals surface area contributed by atoms with E-state index in [1.54, 1.807) is 6.08 Å². The molecule has 0 aliphatic carbocycles. The quantitative estimate of drug-likeness (QED) is 0.0272. The Labute approximate surface area is 493 Å². The normalized spacial score (nSPS) is 14.7. The Morgan fingerprint density at radius 2 is 0.762 bits per heavy atom. The fourth-order valence-corrected chi connectivity index (χ4v) is 9.29. The number of allylic oxidation sites excluding steroid dienone is 23. The fourth-order valence-electron chi connectivity index (χ4n) is 8.57. The van der Waals surface area contributed by atoms with Crippen molar-refractivity contribution in [2.45, 2.75) is 257 Å². The number of hydrogen-bond acceptors (Lipinski definition) is 6. The van der Waals surface area contributed by atoms with Crippen LogP contribution in [0.2, 0.25) is 0 Å². The van der Waals surface area contributed by atoms with Gasteiger partial charge >= 0.3 is 0 Å². The van der Waals surface area contributed by atoms with Gasteiger partial charge in [-0.05, 0) is 103 Å². The Morgan fingerprint density at radius 3 is 1.11 bits per heavy atom. The number of phosphoric acid groups is 1. The van der Waals surface area contributed by atoms with Gasteiger partial charge in [0.1, 0.15) is 13.2 Å². The molecule has 0 heterocycles. The minimum atomic E-state index is -4.62. The van der Waals surface area contributed by atoms with Crippen LogP contribution in [0.1, 0.15) is 245 Å². The van der Waals surface area contributed by atoms with E-state index < -0.39 is 26.6 Å². The van der Waals surface area contributed by atoms with Crippen LogP contribution in [-0.4, -0.2) is 68.5 Å². The average Bonchev–Trinajstić information content (AvgIpc) is 3.42. The Kier molecular flexibility index (Phi) is 57.3. The lowest BCUT2D eigenvalue weighted by atomic mass is 10.0. The van der Waals surface area contributed by atoms with Crippen molar-refractivity contribution in [3.8, 4) is 0 Å². The maximum Gasteiger partial charge on any atom is 0.268 e. The number of aliphatic hydroxyl groups is 1. The molecule has 0 aromatic heterocycles. The van der Waals surface area contributed by atoms with Crippen LogP contribution in [0.25, 0.3) is 0 Å². The molecule has 8 nitrogen and oxygen atoms in total. The van der Waals surface area contributed by atoms with Gasteiger partial charge in [-0.25, -0.2) is 0 Å². The van der Waals surface area contributed by atoms with Gasteiger partial charge in [-0.3, -0.25) is 9.36 Å². The summed E-state index contributed by atoms with van der Waals surface area (Å²) in [5, 5.41) is 13.9. The van der Waals surface area contributed by atoms with Crippen LogP contribution in [0.5, 0.6) is 0 Å². The lowest BCUT2D eigenvalue weighted by Crippen LogP contribution is -2.45. The molecule has 80 heavy (non-hydrogen) atoms. The summed E-state index contributed by atoms with van der Waals surface area (Å²) in [5.41, 5.74) is 0. The van der Waals surface area contributed by atoms with Crippen LogP contribution in [0.4, 0.5) is 0 Å². The van der Waals surface area contributed by atoms with E-state index in [0.717, 1.165) is 109 Å². The van der Waals surface area contributed by atoms with E-state index in [9.17, 15) is 19.4 Å². The number of unbranched alkanes of at least 4 members (excludes halogenated alkanes) is 22. The first-order chi connectivity index (χ1) is 39.0. The number of nitrogens with zero attached hydrogens (tertiary/aromatic N) is 1. The molecule has 0 spiro atoms. The Hall–Kier alpha value is -3.62. The predicted molar refractivity (Wildman–Crippen MR) is 348 cm³/mol. The summed E-state index contributed by atoms with van der Waals surface area (Å²) in [5.74, 6) is -0.233. The summed E-state index contributed by atoms with van der Waals surface area (Å²) >= 11 is 0. The molecule has 9 heteroatoms. The molecule has 0 rings (SSSR count). The molecule has 0 saturated heterocycles. The molecule has 0 saturated carbocycles. The maximum atomic E-state index is 13.0. The van der Waals surface area contributed by atoms with Gasteiger partial charge < -0.3 is 28.8 Å². The van der Waals surface area contributed by atoms with Gasteiger partial charge in [0, 0.05) is 6.42 Å². The van der Waals surface area contributed by atoms with Gasteiger partial charge in [0.15, 0.2) is 0 Å². The molecule has 0 aliphatic rings. The SMILES string of the molecule is CC/C=C\C/C=C\C/C=C\C/C=C\C/C=C\C/C=C\C/C=C\C/C=C\C/C=C\C/C=C\C/C=C\CCCCCC(=O)NC(COP(=O)([O-])OCC[N+](C)(C)C)C(O)/C=C/CCCCCCCCCCCCCCCCCCCCC. The van der Waals surface area contributed by atoms with E-state index >= 15 is 0 Å². The summed E-state index contributed by atoms with van der Waals surface area (Å²) in [6, 6.07) is -0.917. The Morgan fingerprint density at radius 1 is 0.450 bits per heavy atom. The highest BCUT2D eigenvalue weighted by Gasteiger charge is 2.23. The second kappa shape index (κ2) is 60.0. The van der Waals surface area contributed by atoms with Gasteiger partial charge in [0.2, 0.25) is 5.91 Å². The van der Waals surface area contributed by atoms with Crippen LogP contribution in [0.15, 0.2) is 146 Å². The van der Waals surface area contributed by atoms with Gasteiger partial charge in [-0.15, -0.1) is 0 Å². The average molecular weight is 1130 g/mol. The standard InChI is InChI=1S/C71H121N2O6P/c1-6-8-10-12-14-16-18-20-22-24-26-28-29-30-31-32-33-34-35-36-37-38-39-40-41-42-43-45-47-49-51-53-55-57-59-61-63-65-71(75)72-69(68-79-80(76,77)78-67-66-73(3,4)5)70(74)64-62-60-58-56-54-52-50-48-46-44-27-25-23-21-19-17-15-13-11-9-7-2/h8,10,14,16,20,22,26,28,30-31,33-34,36-37,39-40,42-43,47,49,53,55,62,64,69-70,74H,6-7,9,11-13,15,17-19,21,23-25,27,29,32,35,38,41,44-46,48,50-52,54,56-61,63,65-68H2,1-5H3,(H-,72,75,76,77)/b10-8-,16-14-,22-20-,28-26-,31-30-,34-33-,37-36-,40-39-,43-42-,49-47-,55-53-,64-62+. The molecule has 0 aliphatic heterocycles. The van der Waals surface area contributed by atoms with Crippen LogP contribution >= 0.6 is 7.82 Å². The molecule has 0 radical (unpaired) electrons. The van der Waals surface area contributed by atoms with Crippen molar-refractivity contribution in [3.63, 3.8) is 0 Å². The topological polar surface area (TPSA) is 108 Å². The monoisotopic (exact) mass is 1130 g/mol. The number of carbonyl (C=O) groups excluding carboxylic acids is 1. The summed E-state index contributed by atoms with van der Waals surface area (Å²) in [6.45, 7) is 4.51. The number of aliphatic hydroxyl groups excluding tert-OH is 1. The third kappa shape index (κ3) is 62.0. The third-order valence-corrected chi connectivity index (χ3v) is 14.5. The molecule has 3 atom stereocenters. The smallest absolute Gasteiger partial charge is 0.268 e. The van der Waals surface area contributed by atoms with Crippen molar-refractivity contribution in [1.29, 1.82) is 0 Å². The van der Waals surface area contributed by atoms with Crippen LogP contribution in [0, 0.1) is 0 Å². The molecule has 0 aromatic rings. The Balaban J connectivity index is 4.27. The number of nitrogens with one attached hydrogen (secondary N) is 1. The first-order valence-corrected chi connectivity index (χ1v) is 33.7. The van der Waals surface area contributed by atoms with E-state index in [-0.39, 0.29) is 12.5 Å². The summed E-state index contributed by atoms with van der Waals surface area (Å²) in [7, 11) is 1.22. The number of likely N-dealkylation sites (N-methyl/N-ethyl adjacent to an activating group) is 1.